The van der Waals surface area contributed by atoms with Gasteiger partial charge in [-0.2, -0.15) is 0 Å². The van der Waals surface area contributed by atoms with Gasteiger partial charge in [-0.1, -0.05) is 44.4 Å². The Hall–Kier alpha value is -1.02. The molecule has 0 radical (unpaired) electrons. The minimum absolute atomic E-state index is 0.220. The van der Waals surface area contributed by atoms with Gasteiger partial charge in [-0.25, -0.2) is 0 Å². The summed E-state index contributed by atoms with van der Waals surface area (Å²) in [7, 11) is 0. The quantitative estimate of drug-likeness (QED) is 0.787. The molecular weight excluding hydrogens is 258 g/mol. The van der Waals surface area contributed by atoms with Gasteiger partial charge < -0.3 is 10.1 Å². The molecule has 0 aromatic heterocycles. The standard InChI is InChI=1S/C19H31NO/c1-5-16-9-8-10-17(13-16)20-15(4)18-11-6-7-12-19(18)21-14(2)3/h6-7,11-12,14-17,20H,5,8-10,13H2,1-4H3. The van der Waals surface area contributed by atoms with Crippen LogP contribution in [-0.4, -0.2) is 12.1 Å². The number of rotatable bonds is 6. The lowest BCUT2D eigenvalue weighted by Gasteiger charge is -2.32. The smallest absolute Gasteiger partial charge is 0.124 e. The van der Waals surface area contributed by atoms with Gasteiger partial charge >= 0.3 is 0 Å². The van der Waals surface area contributed by atoms with Crippen LogP contribution < -0.4 is 10.1 Å². The molecular formula is C19H31NO. The molecule has 1 N–H and O–H groups in total. The molecule has 0 amide bonds. The van der Waals surface area contributed by atoms with Crippen molar-refractivity contribution >= 4 is 0 Å². The first-order valence-corrected chi connectivity index (χ1v) is 8.61. The first kappa shape index (κ1) is 16.4. The van der Waals surface area contributed by atoms with Crippen molar-refractivity contribution in [1.82, 2.24) is 5.32 Å². The molecule has 21 heavy (non-hydrogen) atoms. The van der Waals surface area contributed by atoms with Crippen LogP contribution >= 0.6 is 0 Å². The second-order valence-electron chi connectivity index (χ2n) is 6.73. The van der Waals surface area contributed by atoms with E-state index in [1.165, 1.54) is 37.7 Å². The van der Waals surface area contributed by atoms with Crippen LogP contribution in [0.5, 0.6) is 5.75 Å². The summed E-state index contributed by atoms with van der Waals surface area (Å²) in [5.74, 6) is 1.93. The minimum atomic E-state index is 0.220. The first-order chi connectivity index (χ1) is 10.1. The number of hydrogen-bond acceptors (Lipinski definition) is 2. The van der Waals surface area contributed by atoms with Gasteiger partial charge in [-0.05, 0) is 45.6 Å². The SMILES string of the molecule is CCC1CCCC(NC(C)c2ccccc2OC(C)C)C1. The average molecular weight is 289 g/mol. The van der Waals surface area contributed by atoms with E-state index in [1.807, 2.05) is 0 Å². The van der Waals surface area contributed by atoms with Gasteiger partial charge in [-0.3, -0.25) is 0 Å². The molecule has 0 bridgehead atoms. The van der Waals surface area contributed by atoms with E-state index in [1.54, 1.807) is 0 Å². The fourth-order valence-corrected chi connectivity index (χ4v) is 3.46. The van der Waals surface area contributed by atoms with E-state index in [0.717, 1.165) is 11.7 Å². The second kappa shape index (κ2) is 7.84. The van der Waals surface area contributed by atoms with E-state index in [9.17, 15) is 0 Å². The number of para-hydroxylation sites is 1. The molecule has 0 saturated heterocycles. The fourth-order valence-electron chi connectivity index (χ4n) is 3.46. The third kappa shape index (κ3) is 4.74. The Morgan fingerprint density at radius 3 is 2.67 bits per heavy atom. The topological polar surface area (TPSA) is 21.3 Å². The lowest BCUT2D eigenvalue weighted by Crippen LogP contribution is -2.36. The monoisotopic (exact) mass is 289 g/mol. The lowest BCUT2D eigenvalue weighted by molar-refractivity contribution is 0.233. The summed E-state index contributed by atoms with van der Waals surface area (Å²) in [4.78, 5) is 0. The third-order valence-corrected chi connectivity index (χ3v) is 4.59. The molecule has 2 rings (SSSR count). The molecule has 2 heteroatoms. The van der Waals surface area contributed by atoms with Gasteiger partial charge in [-0.15, -0.1) is 0 Å². The van der Waals surface area contributed by atoms with Crippen molar-refractivity contribution in [3.8, 4) is 5.75 Å². The normalized spacial score (nSPS) is 24.0. The Balaban J connectivity index is 2.01. The summed E-state index contributed by atoms with van der Waals surface area (Å²) in [5, 5.41) is 3.83. The van der Waals surface area contributed by atoms with Crippen LogP contribution in [-0.2, 0) is 0 Å². The molecule has 0 aliphatic heterocycles. The number of nitrogens with one attached hydrogen (secondary N) is 1. The Kier molecular flexibility index (Phi) is 6.10. The highest BCUT2D eigenvalue weighted by molar-refractivity contribution is 5.35. The van der Waals surface area contributed by atoms with Crippen molar-refractivity contribution in [2.24, 2.45) is 5.92 Å². The van der Waals surface area contributed by atoms with Crippen molar-refractivity contribution in [3.63, 3.8) is 0 Å². The summed E-state index contributed by atoms with van der Waals surface area (Å²) >= 11 is 0. The highest BCUT2D eigenvalue weighted by Gasteiger charge is 2.23. The van der Waals surface area contributed by atoms with Gasteiger partial charge in [0.1, 0.15) is 5.75 Å². The Morgan fingerprint density at radius 1 is 1.19 bits per heavy atom. The maximum Gasteiger partial charge on any atom is 0.124 e. The molecule has 0 heterocycles. The first-order valence-electron chi connectivity index (χ1n) is 8.61. The van der Waals surface area contributed by atoms with E-state index in [-0.39, 0.29) is 6.10 Å². The van der Waals surface area contributed by atoms with Crippen LogP contribution in [0.3, 0.4) is 0 Å². The number of ether oxygens (including phenoxy) is 1. The van der Waals surface area contributed by atoms with Crippen molar-refractivity contribution in [1.29, 1.82) is 0 Å². The number of benzene rings is 1. The summed E-state index contributed by atoms with van der Waals surface area (Å²) in [6.45, 7) is 8.75. The predicted molar refractivity (Wildman–Crippen MR) is 89.8 cm³/mol. The summed E-state index contributed by atoms with van der Waals surface area (Å²) < 4.78 is 5.96. The summed E-state index contributed by atoms with van der Waals surface area (Å²) in [6, 6.07) is 9.45. The summed E-state index contributed by atoms with van der Waals surface area (Å²) in [6.07, 6.45) is 6.96. The van der Waals surface area contributed by atoms with E-state index < -0.39 is 0 Å². The molecule has 1 aliphatic carbocycles. The van der Waals surface area contributed by atoms with Crippen molar-refractivity contribution < 1.29 is 4.74 Å². The van der Waals surface area contributed by atoms with Crippen LogP contribution in [0.4, 0.5) is 0 Å². The Labute approximate surface area is 130 Å². The molecule has 1 aromatic carbocycles. The average Bonchev–Trinajstić information content (AvgIpc) is 2.47. The van der Waals surface area contributed by atoms with Gasteiger partial charge in [0.05, 0.1) is 6.10 Å². The molecule has 2 nitrogen and oxygen atoms in total. The fraction of sp³-hybridized carbons (Fsp3) is 0.684. The molecule has 1 aromatic rings. The van der Waals surface area contributed by atoms with Crippen LogP contribution in [0.1, 0.15) is 71.4 Å². The number of hydrogen-bond donors (Lipinski definition) is 1. The van der Waals surface area contributed by atoms with E-state index >= 15 is 0 Å². The molecule has 1 fully saturated rings. The highest BCUT2D eigenvalue weighted by Crippen LogP contribution is 2.30. The maximum absolute atomic E-state index is 5.96. The van der Waals surface area contributed by atoms with Gasteiger partial charge in [0.15, 0.2) is 0 Å². The van der Waals surface area contributed by atoms with Crippen molar-refractivity contribution in [2.75, 3.05) is 0 Å². The van der Waals surface area contributed by atoms with Gasteiger partial charge in [0, 0.05) is 17.6 Å². The van der Waals surface area contributed by atoms with E-state index in [2.05, 4.69) is 57.3 Å². The largest absolute Gasteiger partial charge is 0.491 e. The maximum atomic E-state index is 5.96. The molecule has 1 saturated carbocycles. The van der Waals surface area contributed by atoms with Gasteiger partial charge in [0.25, 0.3) is 0 Å². The molecule has 0 spiro atoms. The van der Waals surface area contributed by atoms with Crippen LogP contribution in [0, 0.1) is 5.92 Å². The zero-order valence-corrected chi connectivity index (χ0v) is 14.1. The van der Waals surface area contributed by atoms with Gasteiger partial charge in [0.2, 0.25) is 0 Å². The minimum Gasteiger partial charge on any atom is -0.491 e. The van der Waals surface area contributed by atoms with E-state index in [0.29, 0.717) is 12.1 Å². The highest BCUT2D eigenvalue weighted by atomic mass is 16.5. The van der Waals surface area contributed by atoms with E-state index in [4.69, 9.17) is 4.74 Å². The molecule has 3 atom stereocenters. The van der Waals surface area contributed by atoms with Crippen molar-refractivity contribution in [2.45, 2.75) is 78.0 Å². The van der Waals surface area contributed by atoms with Crippen LogP contribution in [0.25, 0.3) is 0 Å². The molecule has 3 unspecified atom stereocenters. The predicted octanol–water partition coefficient (Wildman–Crippen LogP) is 5.09. The molecule has 1 aliphatic rings. The Bertz CT molecular complexity index is 429. The Morgan fingerprint density at radius 2 is 1.95 bits per heavy atom. The third-order valence-electron chi connectivity index (χ3n) is 4.59. The lowest BCUT2D eigenvalue weighted by atomic mass is 9.84. The van der Waals surface area contributed by atoms with Crippen molar-refractivity contribution in [3.05, 3.63) is 29.8 Å². The zero-order valence-electron chi connectivity index (χ0n) is 14.1. The van der Waals surface area contributed by atoms with Crippen LogP contribution in [0.2, 0.25) is 0 Å². The molecule has 118 valence electrons. The van der Waals surface area contributed by atoms with Crippen LogP contribution in [0.15, 0.2) is 24.3 Å². The second-order valence-corrected chi connectivity index (χ2v) is 6.73. The zero-order chi connectivity index (χ0) is 15.2. The summed E-state index contributed by atoms with van der Waals surface area (Å²) in [5.41, 5.74) is 1.28.